The molecule has 98 valence electrons. The van der Waals surface area contributed by atoms with E-state index in [9.17, 15) is 14.3 Å². The number of rotatable bonds is 3. The summed E-state index contributed by atoms with van der Waals surface area (Å²) in [5.41, 5.74) is 2.89. The summed E-state index contributed by atoms with van der Waals surface area (Å²) in [5, 5.41) is 12.1. The fourth-order valence-electron chi connectivity index (χ4n) is 1.82. The summed E-state index contributed by atoms with van der Waals surface area (Å²) >= 11 is 0. The number of anilines is 2. The standard InChI is InChI=1S/C15H14FNO2/c1-9-3-6-13(12(7-9)15(18)19)17-14-8-11(16)5-4-10(14)2/h3-8,17H,1-2H3,(H,18,19). The lowest BCUT2D eigenvalue weighted by Crippen LogP contribution is -2.04. The fraction of sp³-hybridized carbons (Fsp3) is 0.133. The molecule has 4 heteroatoms. The normalized spacial score (nSPS) is 10.3. The number of hydrogen-bond donors (Lipinski definition) is 2. The average molecular weight is 259 g/mol. The summed E-state index contributed by atoms with van der Waals surface area (Å²) in [5.74, 6) is -1.38. The van der Waals surface area contributed by atoms with E-state index in [2.05, 4.69) is 5.32 Å². The largest absolute Gasteiger partial charge is 0.478 e. The van der Waals surface area contributed by atoms with Gasteiger partial charge in [-0.25, -0.2) is 9.18 Å². The van der Waals surface area contributed by atoms with Crippen molar-refractivity contribution in [3.8, 4) is 0 Å². The van der Waals surface area contributed by atoms with Crippen molar-refractivity contribution in [2.75, 3.05) is 5.32 Å². The van der Waals surface area contributed by atoms with Gasteiger partial charge >= 0.3 is 5.97 Å². The number of aromatic carboxylic acids is 1. The van der Waals surface area contributed by atoms with Gasteiger partial charge in [0.15, 0.2) is 0 Å². The number of aryl methyl sites for hydroxylation is 2. The van der Waals surface area contributed by atoms with Crippen molar-refractivity contribution in [1.29, 1.82) is 0 Å². The molecule has 0 saturated carbocycles. The smallest absolute Gasteiger partial charge is 0.337 e. The van der Waals surface area contributed by atoms with E-state index < -0.39 is 5.97 Å². The third-order valence-corrected chi connectivity index (χ3v) is 2.87. The minimum atomic E-state index is -1.01. The molecule has 2 aromatic carbocycles. The lowest BCUT2D eigenvalue weighted by atomic mass is 10.1. The van der Waals surface area contributed by atoms with E-state index in [1.165, 1.54) is 12.1 Å². The van der Waals surface area contributed by atoms with Gasteiger partial charge in [0.1, 0.15) is 5.82 Å². The highest BCUT2D eigenvalue weighted by molar-refractivity contribution is 5.95. The first-order chi connectivity index (χ1) is 8.97. The second-order valence-corrected chi connectivity index (χ2v) is 4.44. The van der Waals surface area contributed by atoms with Crippen molar-refractivity contribution >= 4 is 17.3 Å². The predicted octanol–water partition coefficient (Wildman–Crippen LogP) is 3.88. The maximum absolute atomic E-state index is 13.2. The number of halogens is 1. The second-order valence-electron chi connectivity index (χ2n) is 4.44. The molecule has 0 amide bonds. The molecule has 0 aliphatic heterocycles. The number of carbonyl (C=O) groups is 1. The molecule has 0 bridgehead atoms. The Morgan fingerprint density at radius 1 is 1.11 bits per heavy atom. The van der Waals surface area contributed by atoms with E-state index in [-0.39, 0.29) is 11.4 Å². The first-order valence-electron chi connectivity index (χ1n) is 5.84. The molecule has 0 heterocycles. The van der Waals surface area contributed by atoms with E-state index >= 15 is 0 Å². The van der Waals surface area contributed by atoms with E-state index in [1.807, 2.05) is 19.9 Å². The molecule has 0 fully saturated rings. The summed E-state index contributed by atoms with van der Waals surface area (Å²) in [6.45, 7) is 3.65. The van der Waals surface area contributed by atoms with E-state index in [0.29, 0.717) is 11.4 Å². The number of benzene rings is 2. The van der Waals surface area contributed by atoms with Crippen LogP contribution in [0.5, 0.6) is 0 Å². The van der Waals surface area contributed by atoms with Gasteiger partial charge in [-0.2, -0.15) is 0 Å². The Bertz CT molecular complexity index is 638. The molecule has 0 aliphatic carbocycles. The number of carboxylic acid groups (broad SMARTS) is 1. The zero-order valence-electron chi connectivity index (χ0n) is 10.7. The average Bonchev–Trinajstić information content (AvgIpc) is 2.35. The molecule has 0 unspecified atom stereocenters. The Hall–Kier alpha value is -2.36. The molecule has 0 saturated heterocycles. The molecule has 0 atom stereocenters. The lowest BCUT2D eigenvalue weighted by molar-refractivity contribution is 0.0698. The van der Waals surface area contributed by atoms with Crippen LogP contribution in [0.25, 0.3) is 0 Å². The van der Waals surface area contributed by atoms with Crippen LogP contribution in [0.2, 0.25) is 0 Å². The van der Waals surface area contributed by atoms with E-state index in [4.69, 9.17) is 0 Å². The topological polar surface area (TPSA) is 49.3 Å². The Kier molecular flexibility index (Phi) is 3.51. The van der Waals surface area contributed by atoms with Gasteiger partial charge in [-0.1, -0.05) is 17.7 Å². The van der Waals surface area contributed by atoms with Crippen molar-refractivity contribution in [2.24, 2.45) is 0 Å². The van der Waals surface area contributed by atoms with Gasteiger partial charge in [-0.05, 0) is 43.7 Å². The van der Waals surface area contributed by atoms with Gasteiger partial charge in [0.25, 0.3) is 0 Å². The van der Waals surface area contributed by atoms with Crippen molar-refractivity contribution in [3.05, 3.63) is 58.9 Å². The van der Waals surface area contributed by atoms with Crippen LogP contribution >= 0.6 is 0 Å². The predicted molar refractivity (Wildman–Crippen MR) is 72.6 cm³/mol. The third-order valence-electron chi connectivity index (χ3n) is 2.87. The van der Waals surface area contributed by atoms with Crippen LogP contribution in [0.15, 0.2) is 36.4 Å². The highest BCUT2D eigenvalue weighted by Crippen LogP contribution is 2.25. The summed E-state index contributed by atoms with van der Waals surface area (Å²) in [7, 11) is 0. The summed E-state index contributed by atoms with van der Waals surface area (Å²) in [4.78, 5) is 11.2. The molecular weight excluding hydrogens is 245 g/mol. The Morgan fingerprint density at radius 3 is 2.53 bits per heavy atom. The molecule has 0 spiro atoms. The Labute approximate surface area is 110 Å². The van der Waals surface area contributed by atoms with Crippen molar-refractivity contribution in [1.82, 2.24) is 0 Å². The van der Waals surface area contributed by atoms with Crippen LogP contribution < -0.4 is 5.32 Å². The van der Waals surface area contributed by atoms with Gasteiger partial charge in [0, 0.05) is 5.69 Å². The molecule has 0 radical (unpaired) electrons. The summed E-state index contributed by atoms with van der Waals surface area (Å²) in [6.07, 6.45) is 0. The molecule has 2 N–H and O–H groups in total. The highest BCUT2D eigenvalue weighted by Gasteiger charge is 2.11. The van der Waals surface area contributed by atoms with Crippen molar-refractivity contribution in [2.45, 2.75) is 13.8 Å². The third kappa shape index (κ3) is 2.91. The van der Waals surface area contributed by atoms with Gasteiger partial charge in [-0.15, -0.1) is 0 Å². The monoisotopic (exact) mass is 259 g/mol. The minimum absolute atomic E-state index is 0.170. The fourth-order valence-corrected chi connectivity index (χ4v) is 1.82. The van der Waals surface area contributed by atoms with Crippen LogP contribution in [-0.4, -0.2) is 11.1 Å². The van der Waals surface area contributed by atoms with Crippen LogP contribution in [0, 0.1) is 19.7 Å². The molecule has 19 heavy (non-hydrogen) atoms. The summed E-state index contributed by atoms with van der Waals surface area (Å²) in [6, 6.07) is 9.44. The van der Waals surface area contributed by atoms with Crippen molar-refractivity contribution in [3.63, 3.8) is 0 Å². The van der Waals surface area contributed by atoms with Crippen molar-refractivity contribution < 1.29 is 14.3 Å². The lowest BCUT2D eigenvalue weighted by Gasteiger charge is -2.12. The molecule has 2 aromatic rings. The van der Waals surface area contributed by atoms with Crippen LogP contribution in [0.4, 0.5) is 15.8 Å². The van der Waals surface area contributed by atoms with E-state index in [1.54, 1.807) is 18.2 Å². The highest BCUT2D eigenvalue weighted by atomic mass is 19.1. The van der Waals surface area contributed by atoms with Gasteiger partial charge < -0.3 is 10.4 Å². The Balaban J connectivity index is 2.43. The second kappa shape index (κ2) is 5.10. The minimum Gasteiger partial charge on any atom is -0.478 e. The van der Waals surface area contributed by atoms with Crippen LogP contribution in [0.3, 0.4) is 0 Å². The molecule has 0 aromatic heterocycles. The molecule has 3 nitrogen and oxygen atoms in total. The van der Waals surface area contributed by atoms with Gasteiger partial charge in [0.2, 0.25) is 0 Å². The molecule has 2 rings (SSSR count). The maximum Gasteiger partial charge on any atom is 0.337 e. The zero-order chi connectivity index (χ0) is 14.0. The number of carboxylic acids is 1. The number of hydrogen-bond acceptors (Lipinski definition) is 2. The maximum atomic E-state index is 13.2. The van der Waals surface area contributed by atoms with Crippen LogP contribution in [0.1, 0.15) is 21.5 Å². The SMILES string of the molecule is Cc1ccc(Nc2cc(F)ccc2C)c(C(=O)O)c1. The quantitative estimate of drug-likeness (QED) is 0.879. The molecular formula is C15H14FNO2. The number of nitrogens with one attached hydrogen (secondary N) is 1. The Morgan fingerprint density at radius 2 is 1.84 bits per heavy atom. The molecule has 0 aliphatic rings. The first-order valence-corrected chi connectivity index (χ1v) is 5.84. The van der Waals surface area contributed by atoms with Crippen LogP contribution in [-0.2, 0) is 0 Å². The van der Waals surface area contributed by atoms with E-state index in [0.717, 1.165) is 11.1 Å². The summed E-state index contributed by atoms with van der Waals surface area (Å²) < 4.78 is 13.2. The van der Waals surface area contributed by atoms with Gasteiger partial charge in [-0.3, -0.25) is 0 Å². The zero-order valence-corrected chi connectivity index (χ0v) is 10.7. The first kappa shape index (κ1) is 13.1. The van der Waals surface area contributed by atoms with Gasteiger partial charge in [0.05, 0.1) is 11.3 Å².